The van der Waals surface area contributed by atoms with Gasteiger partial charge in [-0.05, 0) is 47.0 Å². The van der Waals surface area contributed by atoms with E-state index in [9.17, 15) is 76.3 Å². The lowest BCUT2D eigenvalue weighted by Gasteiger charge is -2.17. The average molecular weight is 743 g/mol. The summed E-state index contributed by atoms with van der Waals surface area (Å²) >= 11 is 0. The van der Waals surface area contributed by atoms with Crippen molar-refractivity contribution < 1.29 is 48.6 Å². The molecule has 0 aliphatic heterocycles. The Bertz CT molecular complexity index is 2650. The first-order chi connectivity index (χ1) is 25.3. The second-order valence-electron chi connectivity index (χ2n) is 10.8. The van der Waals surface area contributed by atoms with Gasteiger partial charge in [-0.3, -0.25) is 0 Å². The molecule has 0 heterocycles. The van der Waals surface area contributed by atoms with Crippen LogP contribution in [0, 0.1) is 85.1 Å². The number of nitriles is 7. The molecule has 0 spiro atoms. The van der Waals surface area contributed by atoms with Crippen LogP contribution in [0.2, 0.25) is 0 Å². The van der Waals surface area contributed by atoms with Crippen LogP contribution in [0.15, 0.2) is 53.6 Å². The van der Waals surface area contributed by atoms with Crippen molar-refractivity contribution in [3.8, 4) is 48.2 Å². The van der Waals surface area contributed by atoms with Crippen molar-refractivity contribution in [2.24, 2.45) is 0 Å². The summed E-state index contributed by atoms with van der Waals surface area (Å²) < 4.78 is 144. The standard InChI is InChI=1S/C36H7F10N7O/c37-33-31-21(29(18(9-48)10-49)28(23(31)14-53)16-3-4-26(54-36(44,45)46)25(6-16)35(41,42)43)7-20-22(13-52)27(30(32(20)33)19(11-50)12-51)15-1-2-17(8-47)24(5-15)34(38,39)40/h1-7H. The van der Waals surface area contributed by atoms with Crippen LogP contribution in [-0.4, -0.2) is 6.36 Å². The number of rotatable bonds is 3. The fourth-order valence-corrected chi connectivity index (χ4v) is 6.04. The minimum atomic E-state index is -5.60. The Morgan fingerprint density at radius 2 is 1.04 bits per heavy atom. The lowest BCUT2D eigenvalue weighted by Crippen LogP contribution is -2.20. The van der Waals surface area contributed by atoms with Crippen LogP contribution in [-0.2, 0) is 12.4 Å². The van der Waals surface area contributed by atoms with Gasteiger partial charge >= 0.3 is 18.7 Å². The van der Waals surface area contributed by atoms with Crippen LogP contribution in [0.5, 0.6) is 5.75 Å². The number of nitrogens with zero attached hydrogens (tertiary/aromatic N) is 7. The topological polar surface area (TPSA) is 176 Å². The maximum absolute atomic E-state index is 17.1. The molecule has 0 N–H and O–H groups in total. The summed E-state index contributed by atoms with van der Waals surface area (Å²) in [7, 11) is 0. The highest BCUT2D eigenvalue weighted by atomic mass is 19.4. The first-order valence-corrected chi connectivity index (χ1v) is 14.2. The maximum Gasteiger partial charge on any atom is 0.573 e. The van der Waals surface area contributed by atoms with Gasteiger partial charge in [0.05, 0.1) is 33.9 Å². The van der Waals surface area contributed by atoms with E-state index in [1.165, 1.54) is 36.4 Å². The van der Waals surface area contributed by atoms with Crippen molar-refractivity contribution in [2.75, 3.05) is 0 Å². The van der Waals surface area contributed by atoms with E-state index in [4.69, 9.17) is 0 Å². The van der Waals surface area contributed by atoms with Crippen molar-refractivity contribution >= 4 is 33.4 Å². The first-order valence-electron chi connectivity index (χ1n) is 14.2. The van der Waals surface area contributed by atoms with E-state index in [1.807, 2.05) is 0 Å². The molecular formula is C36H7F10N7O. The predicted octanol–water partition coefficient (Wildman–Crippen LogP) is 9.13. The normalized spacial score (nSPS) is 13.4. The van der Waals surface area contributed by atoms with E-state index in [0.29, 0.717) is 18.2 Å². The van der Waals surface area contributed by atoms with Gasteiger partial charge in [0.15, 0.2) is 0 Å². The van der Waals surface area contributed by atoms with E-state index < -0.39 is 125 Å². The Kier molecular flexibility index (Phi) is 9.03. The molecule has 5 rings (SSSR count). The maximum atomic E-state index is 17.1. The first kappa shape index (κ1) is 37.4. The molecule has 54 heavy (non-hydrogen) atoms. The number of fused-ring (bicyclic) bond motifs is 2. The van der Waals surface area contributed by atoms with Gasteiger partial charge in [-0.25, -0.2) is 4.39 Å². The third-order valence-corrected chi connectivity index (χ3v) is 8.01. The molecule has 0 radical (unpaired) electrons. The van der Waals surface area contributed by atoms with Crippen molar-refractivity contribution in [1.82, 2.24) is 0 Å². The minimum Gasteiger partial charge on any atom is -0.405 e. The molecular weight excluding hydrogens is 736 g/mol. The summed E-state index contributed by atoms with van der Waals surface area (Å²) in [5.74, 6) is -3.31. The van der Waals surface area contributed by atoms with E-state index in [1.54, 1.807) is 6.07 Å². The molecule has 18 heteroatoms. The number of allylic oxidation sites excluding steroid dienone is 8. The Hall–Kier alpha value is -7.85. The predicted molar refractivity (Wildman–Crippen MR) is 162 cm³/mol. The fourth-order valence-electron chi connectivity index (χ4n) is 6.04. The molecule has 8 nitrogen and oxygen atoms in total. The van der Waals surface area contributed by atoms with Crippen molar-refractivity contribution in [1.29, 1.82) is 36.8 Å². The van der Waals surface area contributed by atoms with E-state index >= 15 is 4.39 Å². The summed E-state index contributed by atoms with van der Waals surface area (Å²) in [6, 6.07) is 14.1. The van der Waals surface area contributed by atoms with Crippen LogP contribution in [0.1, 0.15) is 50.1 Å². The molecule has 2 aliphatic carbocycles. The molecule has 262 valence electrons. The number of alkyl halides is 9. The van der Waals surface area contributed by atoms with Crippen LogP contribution in [0.4, 0.5) is 43.9 Å². The van der Waals surface area contributed by atoms with Gasteiger partial charge in [-0.1, -0.05) is 12.1 Å². The molecule has 0 atom stereocenters. The number of ether oxygens (including phenoxy) is 1. The molecule has 0 saturated heterocycles. The van der Waals surface area contributed by atoms with Gasteiger partial charge in [0.25, 0.3) is 0 Å². The smallest absolute Gasteiger partial charge is 0.405 e. The molecule has 3 aromatic carbocycles. The van der Waals surface area contributed by atoms with Gasteiger partial charge in [0.1, 0.15) is 59.1 Å². The molecule has 0 unspecified atom stereocenters. The molecule has 3 aromatic rings. The molecule has 0 amide bonds. The van der Waals surface area contributed by atoms with Crippen molar-refractivity contribution in [3.63, 3.8) is 0 Å². The Balaban J connectivity index is 1.94. The van der Waals surface area contributed by atoms with E-state index in [0.717, 1.165) is 12.1 Å². The number of halogens is 10. The highest BCUT2D eigenvalue weighted by molar-refractivity contribution is 6.30. The van der Waals surface area contributed by atoms with Crippen molar-refractivity contribution in [2.45, 2.75) is 18.7 Å². The van der Waals surface area contributed by atoms with Crippen LogP contribution < -0.4 is 4.74 Å². The van der Waals surface area contributed by atoms with Gasteiger partial charge in [0, 0.05) is 39.0 Å². The molecule has 0 aromatic heterocycles. The zero-order valence-electron chi connectivity index (χ0n) is 25.9. The van der Waals surface area contributed by atoms with Crippen LogP contribution in [0.3, 0.4) is 0 Å². The third kappa shape index (κ3) is 5.99. The molecule has 0 bridgehead atoms. The minimum absolute atomic E-state index is 0.0915. The quantitative estimate of drug-likeness (QED) is 0.188. The zero-order chi connectivity index (χ0) is 40.1. The Morgan fingerprint density at radius 1 is 0.537 bits per heavy atom. The lowest BCUT2D eigenvalue weighted by atomic mass is 9.89. The number of hydrogen-bond acceptors (Lipinski definition) is 8. The summed E-state index contributed by atoms with van der Waals surface area (Å²) in [5.41, 5.74) is -14.9. The SMILES string of the molecule is N#CC(C#N)=C1C(c2ccc(OC(F)(F)F)c(C(F)(F)F)c2)=C(C#N)c2c1cc1c(c2F)C(=C(C#N)C#N)C(c2ccc(C#N)c(C(F)(F)F)c2)=C1C#N. The lowest BCUT2D eigenvalue weighted by molar-refractivity contribution is -0.276. The zero-order valence-corrected chi connectivity index (χ0v) is 25.9. The Labute approximate surface area is 295 Å². The van der Waals surface area contributed by atoms with Crippen molar-refractivity contribution in [3.05, 3.63) is 109 Å². The summed E-state index contributed by atoms with van der Waals surface area (Å²) in [5, 5.41) is 69.2. The molecule has 0 saturated carbocycles. The highest BCUT2D eigenvalue weighted by Crippen LogP contribution is 2.56. The van der Waals surface area contributed by atoms with E-state index in [-0.39, 0.29) is 12.1 Å². The summed E-state index contributed by atoms with van der Waals surface area (Å²) in [6.07, 6.45) is -16.3. The largest absolute Gasteiger partial charge is 0.573 e. The van der Waals surface area contributed by atoms with Gasteiger partial charge < -0.3 is 4.74 Å². The van der Waals surface area contributed by atoms with Gasteiger partial charge in [-0.15, -0.1) is 13.2 Å². The van der Waals surface area contributed by atoms with Gasteiger partial charge in [0.2, 0.25) is 0 Å². The number of hydrogen-bond donors (Lipinski definition) is 0. The second kappa shape index (κ2) is 13.0. The molecule has 2 aliphatic rings. The monoisotopic (exact) mass is 743 g/mol. The van der Waals surface area contributed by atoms with E-state index in [2.05, 4.69) is 4.74 Å². The highest BCUT2D eigenvalue weighted by Gasteiger charge is 2.44. The fraction of sp³-hybridized carbons (Fsp3) is 0.0833. The van der Waals surface area contributed by atoms with Gasteiger partial charge in [-0.2, -0.15) is 63.2 Å². The average Bonchev–Trinajstić information content (AvgIpc) is 3.61. The summed E-state index contributed by atoms with van der Waals surface area (Å²) in [4.78, 5) is 0. The number of benzene rings is 3. The third-order valence-electron chi connectivity index (χ3n) is 8.01. The van der Waals surface area contributed by atoms with Crippen LogP contribution >= 0.6 is 0 Å². The second-order valence-corrected chi connectivity index (χ2v) is 10.8. The molecule has 0 fully saturated rings. The summed E-state index contributed by atoms with van der Waals surface area (Å²) in [6.45, 7) is 0. The van der Waals surface area contributed by atoms with Crippen LogP contribution in [0.25, 0.3) is 33.4 Å². The Morgan fingerprint density at radius 3 is 1.52 bits per heavy atom.